The average Bonchev–Trinajstić information content (AvgIpc) is 2.43. The molecule has 0 radical (unpaired) electrons. The Kier molecular flexibility index (Phi) is 3.72. The average molecular weight is 235 g/mol. The Morgan fingerprint density at radius 1 is 1.00 bits per heavy atom. The van der Waals surface area contributed by atoms with Gasteiger partial charge in [0.05, 0.1) is 24.0 Å². The maximum absolute atomic E-state index is 9.31. The first-order valence-electron chi connectivity index (χ1n) is 5.64. The van der Waals surface area contributed by atoms with Crippen LogP contribution in [0, 0.1) is 11.3 Å². The molecule has 0 aliphatic heterocycles. The lowest BCUT2D eigenvalue weighted by Crippen LogP contribution is -1.97. The maximum Gasteiger partial charge on any atom is 0.0962 e. The van der Waals surface area contributed by atoms with Crippen LogP contribution in [0.25, 0.3) is 0 Å². The molecule has 3 heteroatoms. The smallest absolute Gasteiger partial charge is 0.0962 e. The van der Waals surface area contributed by atoms with Crippen LogP contribution in [0.15, 0.2) is 59.6 Å². The second-order valence-electron chi connectivity index (χ2n) is 3.84. The van der Waals surface area contributed by atoms with Crippen LogP contribution in [0.4, 0.5) is 5.69 Å². The number of hydrogen-bond acceptors (Lipinski definition) is 2. The van der Waals surface area contributed by atoms with Crippen molar-refractivity contribution in [2.24, 2.45) is 10.7 Å². The minimum Gasteiger partial charge on any atom is -0.390 e. The fourth-order valence-corrected chi connectivity index (χ4v) is 1.83. The molecule has 0 amide bonds. The van der Waals surface area contributed by atoms with Gasteiger partial charge in [-0.05, 0) is 23.3 Å². The lowest BCUT2D eigenvalue weighted by molar-refractivity contribution is 1.04. The molecule has 18 heavy (non-hydrogen) atoms. The number of nitrogens with two attached hydrogens (primary N) is 1. The summed E-state index contributed by atoms with van der Waals surface area (Å²) in [5.74, 6) is -0.248. The summed E-state index contributed by atoms with van der Waals surface area (Å²) in [6.45, 7) is 0. The van der Waals surface area contributed by atoms with E-state index in [4.69, 9.17) is 5.73 Å². The zero-order valence-electron chi connectivity index (χ0n) is 9.82. The third kappa shape index (κ3) is 2.55. The molecule has 0 spiro atoms. The van der Waals surface area contributed by atoms with Gasteiger partial charge in [0.1, 0.15) is 0 Å². The highest BCUT2D eigenvalue weighted by molar-refractivity contribution is 5.59. The molecule has 2 rings (SSSR count). The fraction of sp³-hybridized carbons (Fsp3) is 0.0667. The molecule has 0 aliphatic carbocycles. The van der Waals surface area contributed by atoms with Crippen LogP contribution in [0.2, 0.25) is 0 Å². The molecule has 0 fully saturated rings. The predicted molar refractivity (Wildman–Crippen MR) is 72.7 cm³/mol. The van der Waals surface area contributed by atoms with Crippen LogP contribution in [0.5, 0.6) is 0 Å². The quantitative estimate of drug-likeness (QED) is 0.656. The number of benzene rings is 2. The molecule has 88 valence electrons. The summed E-state index contributed by atoms with van der Waals surface area (Å²) in [6, 6.07) is 19.6. The zero-order chi connectivity index (χ0) is 12.8. The van der Waals surface area contributed by atoms with Gasteiger partial charge in [-0.1, -0.05) is 42.5 Å². The Labute approximate surface area is 106 Å². The third-order valence-corrected chi connectivity index (χ3v) is 2.71. The van der Waals surface area contributed by atoms with Crippen LogP contribution >= 0.6 is 0 Å². The van der Waals surface area contributed by atoms with Gasteiger partial charge in [0.25, 0.3) is 0 Å². The Balaban J connectivity index is 2.32. The van der Waals surface area contributed by atoms with Crippen LogP contribution in [0.3, 0.4) is 0 Å². The third-order valence-electron chi connectivity index (χ3n) is 2.71. The Bertz CT molecular complexity index is 565. The van der Waals surface area contributed by atoms with Crippen molar-refractivity contribution in [1.29, 1.82) is 5.26 Å². The SMILES string of the molecule is N#CC(c1ccccc1)c1ccc(N=CN)cc1. The summed E-state index contributed by atoms with van der Waals surface area (Å²) in [5, 5.41) is 9.31. The molecule has 2 aromatic rings. The van der Waals surface area contributed by atoms with Gasteiger partial charge in [-0.2, -0.15) is 5.26 Å². The topological polar surface area (TPSA) is 62.2 Å². The van der Waals surface area contributed by atoms with Crippen molar-refractivity contribution in [3.8, 4) is 6.07 Å². The molecule has 3 nitrogen and oxygen atoms in total. The Hall–Kier alpha value is -2.60. The minimum atomic E-state index is -0.248. The van der Waals surface area contributed by atoms with Crippen molar-refractivity contribution in [3.63, 3.8) is 0 Å². The van der Waals surface area contributed by atoms with E-state index in [1.807, 2.05) is 54.6 Å². The van der Waals surface area contributed by atoms with Crippen molar-refractivity contribution in [2.45, 2.75) is 5.92 Å². The lowest BCUT2D eigenvalue weighted by Gasteiger charge is -2.09. The second-order valence-corrected chi connectivity index (χ2v) is 3.84. The molecule has 1 unspecified atom stereocenters. The summed E-state index contributed by atoms with van der Waals surface area (Å²) >= 11 is 0. The molecule has 0 bridgehead atoms. The summed E-state index contributed by atoms with van der Waals surface area (Å²) in [6.07, 6.45) is 1.26. The molecule has 1 atom stereocenters. The van der Waals surface area contributed by atoms with Crippen molar-refractivity contribution in [1.82, 2.24) is 0 Å². The first-order valence-corrected chi connectivity index (χ1v) is 5.64. The zero-order valence-corrected chi connectivity index (χ0v) is 9.82. The van der Waals surface area contributed by atoms with E-state index in [0.29, 0.717) is 0 Å². The molecular weight excluding hydrogens is 222 g/mol. The molecule has 0 saturated heterocycles. The van der Waals surface area contributed by atoms with E-state index in [9.17, 15) is 5.26 Å². The molecule has 0 aromatic heterocycles. The molecule has 2 N–H and O–H groups in total. The van der Waals surface area contributed by atoms with Crippen LogP contribution in [-0.2, 0) is 0 Å². The number of nitrogens with zero attached hydrogens (tertiary/aromatic N) is 2. The monoisotopic (exact) mass is 235 g/mol. The van der Waals surface area contributed by atoms with Gasteiger partial charge >= 0.3 is 0 Å². The highest BCUT2D eigenvalue weighted by Gasteiger charge is 2.12. The van der Waals surface area contributed by atoms with E-state index < -0.39 is 0 Å². The summed E-state index contributed by atoms with van der Waals surface area (Å²) in [4.78, 5) is 3.98. The van der Waals surface area contributed by atoms with E-state index in [2.05, 4.69) is 11.1 Å². The van der Waals surface area contributed by atoms with E-state index in [-0.39, 0.29) is 5.92 Å². The first kappa shape index (κ1) is 11.9. The van der Waals surface area contributed by atoms with E-state index in [1.165, 1.54) is 6.34 Å². The molecule has 0 heterocycles. The van der Waals surface area contributed by atoms with Crippen molar-refractivity contribution < 1.29 is 0 Å². The van der Waals surface area contributed by atoms with E-state index >= 15 is 0 Å². The predicted octanol–water partition coefficient (Wildman–Crippen LogP) is 2.96. The second kappa shape index (κ2) is 5.65. The highest BCUT2D eigenvalue weighted by atomic mass is 14.8. The van der Waals surface area contributed by atoms with Gasteiger partial charge in [0, 0.05) is 0 Å². The summed E-state index contributed by atoms with van der Waals surface area (Å²) in [7, 11) is 0. The van der Waals surface area contributed by atoms with Crippen molar-refractivity contribution in [3.05, 3.63) is 65.7 Å². The van der Waals surface area contributed by atoms with Crippen molar-refractivity contribution >= 4 is 12.0 Å². The number of nitriles is 1. The lowest BCUT2D eigenvalue weighted by atomic mass is 9.93. The molecule has 0 saturated carbocycles. The largest absolute Gasteiger partial charge is 0.390 e. The highest BCUT2D eigenvalue weighted by Crippen LogP contribution is 2.25. The standard InChI is InChI=1S/C15H13N3/c16-10-15(12-4-2-1-3-5-12)13-6-8-14(9-7-13)18-11-17/h1-9,11,15H,(H2,17,18). The van der Waals surface area contributed by atoms with Gasteiger partial charge in [-0.15, -0.1) is 0 Å². The molecule has 2 aromatic carbocycles. The van der Waals surface area contributed by atoms with Crippen molar-refractivity contribution in [2.75, 3.05) is 0 Å². The van der Waals surface area contributed by atoms with Crippen LogP contribution in [-0.4, -0.2) is 6.34 Å². The van der Waals surface area contributed by atoms with Gasteiger partial charge < -0.3 is 5.73 Å². The fourth-order valence-electron chi connectivity index (χ4n) is 1.83. The van der Waals surface area contributed by atoms with E-state index in [1.54, 1.807) is 0 Å². The van der Waals surface area contributed by atoms with Crippen LogP contribution < -0.4 is 5.73 Å². The Morgan fingerprint density at radius 3 is 2.17 bits per heavy atom. The number of aliphatic imine (C=N–C) groups is 1. The maximum atomic E-state index is 9.31. The normalized spacial score (nSPS) is 12.2. The van der Waals surface area contributed by atoms with Gasteiger partial charge in [0.2, 0.25) is 0 Å². The minimum absolute atomic E-state index is 0.248. The van der Waals surface area contributed by atoms with Gasteiger partial charge in [0.15, 0.2) is 0 Å². The molecule has 0 aliphatic rings. The number of hydrogen-bond donors (Lipinski definition) is 1. The Morgan fingerprint density at radius 2 is 1.61 bits per heavy atom. The first-order chi connectivity index (χ1) is 8.85. The van der Waals surface area contributed by atoms with Gasteiger partial charge in [-0.3, -0.25) is 0 Å². The summed E-state index contributed by atoms with van der Waals surface area (Å²) < 4.78 is 0. The number of rotatable bonds is 3. The van der Waals surface area contributed by atoms with E-state index in [0.717, 1.165) is 16.8 Å². The van der Waals surface area contributed by atoms with Gasteiger partial charge in [-0.25, -0.2) is 4.99 Å². The molecular formula is C15H13N3. The van der Waals surface area contributed by atoms with Crippen LogP contribution in [0.1, 0.15) is 17.0 Å². The summed E-state index contributed by atoms with van der Waals surface area (Å²) in [5.41, 5.74) is 7.97.